The van der Waals surface area contributed by atoms with Crippen LogP contribution in [0.3, 0.4) is 0 Å². The van der Waals surface area contributed by atoms with Crippen LogP contribution >= 0.6 is 0 Å². The Morgan fingerprint density at radius 1 is 1.19 bits per heavy atom. The number of hydrogen-bond acceptors (Lipinski definition) is 7. The van der Waals surface area contributed by atoms with Gasteiger partial charge in [-0.05, 0) is 12.1 Å². The second kappa shape index (κ2) is 7.08. The fraction of sp³-hybridized carbons (Fsp3) is 0.211. The number of nitro benzene ring substituents is 1. The number of nitrogens with zero attached hydrogens (tertiary/aromatic N) is 5. The molecule has 1 aliphatic rings. The zero-order valence-corrected chi connectivity index (χ0v) is 14.6. The van der Waals surface area contributed by atoms with Crippen molar-refractivity contribution in [2.45, 2.75) is 19.5 Å². The summed E-state index contributed by atoms with van der Waals surface area (Å²) in [7, 11) is 0. The molecule has 0 aliphatic carbocycles. The molecule has 0 unspecified atom stereocenters. The largest absolute Gasteiger partial charge is 0.368 e. The third kappa shape index (κ3) is 3.75. The molecule has 0 saturated heterocycles. The number of nitrogen functional groups attached to an aromatic ring is 1. The molecule has 0 spiro atoms. The van der Waals surface area contributed by atoms with Crippen molar-refractivity contribution >= 4 is 11.6 Å². The molecule has 8 heteroatoms. The minimum absolute atomic E-state index is 0.0617. The quantitative estimate of drug-likeness (QED) is 0.561. The normalized spacial score (nSPS) is 13.9. The number of rotatable bonds is 4. The number of fused-ring (bicyclic) bond motifs is 1. The predicted molar refractivity (Wildman–Crippen MR) is 101 cm³/mol. The molecular formula is C19H18N6O2. The average Bonchev–Trinajstić information content (AvgIpc) is 2.68. The molecule has 3 heterocycles. The third-order valence-corrected chi connectivity index (χ3v) is 4.58. The van der Waals surface area contributed by atoms with Crippen LogP contribution in [0.2, 0.25) is 0 Å². The summed E-state index contributed by atoms with van der Waals surface area (Å²) in [6.45, 7) is 2.30. The molecule has 0 amide bonds. The highest BCUT2D eigenvalue weighted by Gasteiger charge is 2.19. The Morgan fingerprint density at radius 3 is 2.89 bits per heavy atom. The van der Waals surface area contributed by atoms with E-state index in [1.807, 2.05) is 24.3 Å². The molecule has 0 bridgehead atoms. The monoisotopic (exact) mass is 362 g/mol. The van der Waals surface area contributed by atoms with Crippen molar-refractivity contribution in [2.75, 3.05) is 12.3 Å². The summed E-state index contributed by atoms with van der Waals surface area (Å²) in [4.78, 5) is 26.0. The summed E-state index contributed by atoms with van der Waals surface area (Å²) < 4.78 is 0. The van der Waals surface area contributed by atoms with E-state index in [0.29, 0.717) is 12.5 Å². The molecule has 2 N–H and O–H groups in total. The van der Waals surface area contributed by atoms with E-state index in [2.05, 4.69) is 14.9 Å². The molecule has 3 aromatic rings. The number of nitrogens with two attached hydrogens (primary N) is 1. The van der Waals surface area contributed by atoms with Gasteiger partial charge in [0, 0.05) is 55.5 Å². The third-order valence-electron chi connectivity index (χ3n) is 4.58. The molecular weight excluding hydrogens is 344 g/mol. The van der Waals surface area contributed by atoms with Gasteiger partial charge in [0.25, 0.3) is 5.69 Å². The van der Waals surface area contributed by atoms with Gasteiger partial charge in [0.1, 0.15) is 0 Å². The van der Waals surface area contributed by atoms with Crippen LogP contribution in [0.25, 0.3) is 11.3 Å². The van der Waals surface area contributed by atoms with Crippen molar-refractivity contribution in [2.24, 2.45) is 0 Å². The van der Waals surface area contributed by atoms with Crippen LogP contribution < -0.4 is 5.73 Å². The standard InChI is InChI=1S/C19H18N6O2/c20-19-21-10-14-11-24(8-7-18(14)23-19)12-15-4-2-6-17(22-15)13-3-1-5-16(9-13)25(26)27/h1-6,9-10H,7-8,11-12H2,(H2,20,21,23). The summed E-state index contributed by atoms with van der Waals surface area (Å²) in [5.41, 5.74) is 10.2. The fourth-order valence-electron chi connectivity index (χ4n) is 3.26. The fourth-order valence-corrected chi connectivity index (χ4v) is 3.26. The molecule has 1 aliphatic heterocycles. The maximum atomic E-state index is 11.0. The lowest BCUT2D eigenvalue weighted by Gasteiger charge is -2.27. The highest BCUT2D eigenvalue weighted by Crippen LogP contribution is 2.23. The first-order valence-corrected chi connectivity index (χ1v) is 8.62. The van der Waals surface area contributed by atoms with Gasteiger partial charge in [0.15, 0.2) is 0 Å². The minimum atomic E-state index is -0.395. The molecule has 8 nitrogen and oxygen atoms in total. The van der Waals surface area contributed by atoms with Crippen LogP contribution in [0.4, 0.5) is 11.6 Å². The Hall–Kier alpha value is -3.39. The van der Waals surface area contributed by atoms with Crippen molar-refractivity contribution in [1.82, 2.24) is 19.9 Å². The zero-order valence-electron chi connectivity index (χ0n) is 14.6. The average molecular weight is 362 g/mol. The number of pyridine rings is 1. The van der Waals surface area contributed by atoms with Crippen LogP contribution in [0.1, 0.15) is 17.0 Å². The van der Waals surface area contributed by atoms with E-state index in [9.17, 15) is 10.1 Å². The summed E-state index contributed by atoms with van der Waals surface area (Å²) >= 11 is 0. The second-order valence-corrected chi connectivity index (χ2v) is 6.48. The van der Waals surface area contributed by atoms with Crippen LogP contribution in [-0.4, -0.2) is 31.3 Å². The number of nitro groups is 1. The lowest BCUT2D eigenvalue weighted by molar-refractivity contribution is -0.384. The lowest BCUT2D eigenvalue weighted by Crippen LogP contribution is -2.31. The van der Waals surface area contributed by atoms with E-state index < -0.39 is 4.92 Å². The number of benzene rings is 1. The smallest absolute Gasteiger partial charge is 0.270 e. The highest BCUT2D eigenvalue weighted by atomic mass is 16.6. The van der Waals surface area contributed by atoms with Crippen LogP contribution in [0, 0.1) is 10.1 Å². The molecule has 0 atom stereocenters. The number of non-ortho nitro benzene ring substituents is 1. The van der Waals surface area contributed by atoms with Gasteiger partial charge < -0.3 is 5.73 Å². The Bertz CT molecular complexity index is 1010. The summed E-state index contributed by atoms with van der Waals surface area (Å²) in [6.07, 6.45) is 2.61. The van der Waals surface area contributed by atoms with Crippen molar-refractivity contribution in [3.8, 4) is 11.3 Å². The van der Waals surface area contributed by atoms with E-state index in [1.54, 1.807) is 18.3 Å². The molecule has 0 fully saturated rings. The van der Waals surface area contributed by atoms with Gasteiger partial charge in [-0.2, -0.15) is 0 Å². The lowest BCUT2D eigenvalue weighted by atomic mass is 10.1. The molecule has 0 radical (unpaired) electrons. The Labute approximate surface area is 155 Å². The van der Waals surface area contributed by atoms with E-state index in [1.165, 1.54) is 6.07 Å². The van der Waals surface area contributed by atoms with Crippen molar-refractivity contribution in [1.29, 1.82) is 0 Å². The van der Waals surface area contributed by atoms with E-state index in [0.717, 1.165) is 47.7 Å². The minimum Gasteiger partial charge on any atom is -0.368 e. The van der Waals surface area contributed by atoms with Crippen molar-refractivity contribution in [3.05, 3.63) is 75.7 Å². The van der Waals surface area contributed by atoms with Crippen LogP contribution in [0.5, 0.6) is 0 Å². The molecule has 4 rings (SSSR count). The van der Waals surface area contributed by atoms with Crippen LogP contribution in [-0.2, 0) is 19.5 Å². The first-order valence-electron chi connectivity index (χ1n) is 8.62. The van der Waals surface area contributed by atoms with Gasteiger partial charge in [0.05, 0.1) is 22.0 Å². The molecule has 0 saturated carbocycles. The second-order valence-electron chi connectivity index (χ2n) is 6.48. The molecule has 1 aromatic carbocycles. The van der Waals surface area contributed by atoms with Gasteiger partial charge in [-0.25, -0.2) is 9.97 Å². The number of aromatic nitrogens is 3. The van der Waals surface area contributed by atoms with Gasteiger partial charge >= 0.3 is 0 Å². The van der Waals surface area contributed by atoms with E-state index in [-0.39, 0.29) is 5.69 Å². The van der Waals surface area contributed by atoms with Gasteiger partial charge in [0.2, 0.25) is 5.95 Å². The maximum Gasteiger partial charge on any atom is 0.270 e. The SMILES string of the molecule is Nc1ncc2c(n1)CCN(Cc1cccc(-c3cccc([N+](=O)[O-])c3)n1)C2. The Balaban J connectivity index is 1.53. The van der Waals surface area contributed by atoms with Crippen LogP contribution in [0.15, 0.2) is 48.7 Å². The summed E-state index contributed by atoms with van der Waals surface area (Å²) in [5.74, 6) is 0.313. The maximum absolute atomic E-state index is 11.0. The number of hydrogen-bond donors (Lipinski definition) is 1. The molecule has 136 valence electrons. The molecule has 27 heavy (non-hydrogen) atoms. The predicted octanol–water partition coefficient (Wildman–Crippen LogP) is 2.59. The van der Waals surface area contributed by atoms with E-state index in [4.69, 9.17) is 10.7 Å². The number of anilines is 1. The van der Waals surface area contributed by atoms with E-state index >= 15 is 0 Å². The first-order chi connectivity index (χ1) is 13.1. The van der Waals surface area contributed by atoms with Crippen molar-refractivity contribution in [3.63, 3.8) is 0 Å². The Kier molecular flexibility index (Phi) is 4.47. The topological polar surface area (TPSA) is 111 Å². The highest BCUT2D eigenvalue weighted by molar-refractivity contribution is 5.62. The summed E-state index contributed by atoms with van der Waals surface area (Å²) in [5, 5.41) is 11.0. The van der Waals surface area contributed by atoms with Gasteiger partial charge in [-0.3, -0.25) is 20.0 Å². The first kappa shape index (κ1) is 17.0. The van der Waals surface area contributed by atoms with Gasteiger partial charge in [-0.1, -0.05) is 18.2 Å². The Morgan fingerprint density at radius 2 is 2.04 bits per heavy atom. The zero-order chi connectivity index (χ0) is 18.8. The molecule has 2 aromatic heterocycles. The summed E-state index contributed by atoms with van der Waals surface area (Å²) in [6, 6.07) is 12.3. The van der Waals surface area contributed by atoms with Crippen molar-refractivity contribution < 1.29 is 4.92 Å². The van der Waals surface area contributed by atoms with Gasteiger partial charge in [-0.15, -0.1) is 0 Å².